The third-order valence-corrected chi connectivity index (χ3v) is 8.56. The second kappa shape index (κ2) is 9.79. The van der Waals surface area contributed by atoms with E-state index in [-0.39, 0.29) is 0 Å². The maximum absolute atomic E-state index is 5.10. The lowest BCUT2D eigenvalue weighted by Gasteiger charge is -2.14. The molecule has 0 bridgehead atoms. The molecule has 0 spiro atoms. The molecule has 4 heteroatoms. The number of hydrogen-bond donors (Lipinski definition) is 0. The monoisotopic (exact) mass is 560 g/mol. The zero-order valence-electron chi connectivity index (χ0n) is 23.6. The lowest BCUT2D eigenvalue weighted by atomic mass is 9.92. The second-order valence-corrected chi connectivity index (χ2v) is 11.1. The highest BCUT2D eigenvalue weighted by atomic mass is 15.0. The van der Waals surface area contributed by atoms with E-state index in [4.69, 9.17) is 15.0 Å². The predicted octanol–water partition coefficient (Wildman–Crippen LogP) is 9.99. The van der Waals surface area contributed by atoms with Crippen molar-refractivity contribution in [3.8, 4) is 45.3 Å². The van der Waals surface area contributed by atoms with Gasteiger partial charge in [0.15, 0.2) is 17.5 Å². The maximum atomic E-state index is 5.10. The first-order valence-electron chi connectivity index (χ1n) is 14.7. The van der Waals surface area contributed by atoms with Crippen molar-refractivity contribution in [2.45, 2.75) is 0 Å². The summed E-state index contributed by atoms with van der Waals surface area (Å²) in [5.74, 6) is 1.95. The molecule has 0 saturated carbocycles. The van der Waals surface area contributed by atoms with E-state index in [0.29, 0.717) is 17.5 Å². The number of pyridine rings is 1. The fourth-order valence-corrected chi connectivity index (χ4v) is 6.42. The molecule has 0 amide bonds. The van der Waals surface area contributed by atoms with Crippen molar-refractivity contribution in [1.82, 2.24) is 19.9 Å². The van der Waals surface area contributed by atoms with Crippen molar-refractivity contribution in [2.75, 3.05) is 0 Å². The van der Waals surface area contributed by atoms with Crippen LogP contribution in [0, 0.1) is 0 Å². The Labute approximate surface area is 253 Å². The minimum Gasteiger partial charge on any atom is -0.263 e. The first-order chi connectivity index (χ1) is 21.8. The maximum Gasteiger partial charge on any atom is 0.164 e. The number of benzene rings is 7. The number of rotatable bonds is 4. The largest absolute Gasteiger partial charge is 0.263 e. The number of aromatic nitrogens is 4. The number of nitrogens with zero attached hydrogens (tertiary/aromatic N) is 4. The molecule has 7 aromatic carbocycles. The van der Waals surface area contributed by atoms with Gasteiger partial charge in [-0.1, -0.05) is 127 Å². The molecule has 0 aliphatic carbocycles. The van der Waals surface area contributed by atoms with Gasteiger partial charge in [-0.25, -0.2) is 15.0 Å². The van der Waals surface area contributed by atoms with Gasteiger partial charge in [-0.05, 0) is 49.3 Å². The topological polar surface area (TPSA) is 51.6 Å². The second-order valence-electron chi connectivity index (χ2n) is 11.1. The van der Waals surface area contributed by atoms with Crippen LogP contribution in [0.4, 0.5) is 0 Å². The summed E-state index contributed by atoms with van der Waals surface area (Å²) in [7, 11) is 0. The van der Waals surface area contributed by atoms with E-state index in [2.05, 4.69) is 102 Å². The van der Waals surface area contributed by atoms with Crippen molar-refractivity contribution < 1.29 is 0 Å². The molecule has 2 aromatic heterocycles. The van der Waals surface area contributed by atoms with Crippen LogP contribution >= 0.6 is 0 Å². The molecule has 9 aromatic rings. The minimum atomic E-state index is 0.641. The van der Waals surface area contributed by atoms with Crippen LogP contribution in [0.5, 0.6) is 0 Å². The van der Waals surface area contributed by atoms with Gasteiger partial charge in [-0.3, -0.25) is 4.98 Å². The van der Waals surface area contributed by atoms with E-state index in [1.807, 2.05) is 48.8 Å². The van der Waals surface area contributed by atoms with Gasteiger partial charge in [0.2, 0.25) is 0 Å². The van der Waals surface area contributed by atoms with Crippen LogP contribution in [0.1, 0.15) is 0 Å². The SMILES string of the molecule is c1ccc(-c2nc(-c3ccc(-c4cncc5ccccc45)cc3)nc(-c3ccc4ccc5cccc6ccc3c4c56)n2)cc1. The van der Waals surface area contributed by atoms with Crippen LogP contribution < -0.4 is 0 Å². The molecule has 0 N–H and O–H groups in total. The van der Waals surface area contributed by atoms with Crippen molar-refractivity contribution >= 4 is 43.1 Å². The van der Waals surface area contributed by atoms with Crippen LogP contribution in [-0.4, -0.2) is 19.9 Å². The van der Waals surface area contributed by atoms with E-state index < -0.39 is 0 Å². The van der Waals surface area contributed by atoms with E-state index in [9.17, 15) is 0 Å². The highest BCUT2D eigenvalue weighted by Crippen LogP contribution is 2.39. The Morgan fingerprint density at radius 3 is 1.70 bits per heavy atom. The van der Waals surface area contributed by atoms with Gasteiger partial charge in [0, 0.05) is 40.0 Å². The summed E-state index contributed by atoms with van der Waals surface area (Å²) in [5.41, 5.74) is 5.08. The predicted molar refractivity (Wildman–Crippen MR) is 181 cm³/mol. The average Bonchev–Trinajstić information content (AvgIpc) is 3.10. The minimum absolute atomic E-state index is 0.641. The molecular weight excluding hydrogens is 536 g/mol. The van der Waals surface area contributed by atoms with Gasteiger partial charge < -0.3 is 0 Å². The lowest BCUT2D eigenvalue weighted by molar-refractivity contribution is 1.08. The average molecular weight is 561 g/mol. The molecule has 0 fully saturated rings. The number of fused-ring (bicyclic) bond motifs is 1. The summed E-state index contributed by atoms with van der Waals surface area (Å²) in [5, 5.41) is 9.65. The highest BCUT2D eigenvalue weighted by Gasteiger charge is 2.17. The Kier molecular flexibility index (Phi) is 5.47. The Morgan fingerprint density at radius 1 is 0.318 bits per heavy atom. The molecule has 44 heavy (non-hydrogen) atoms. The normalized spacial score (nSPS) is 11.6. The summed E-state index contributed by atoms with van der Waals surface area (Å²) < 4.78 is 0. The summed E-state index contributed by atoms with van der Waals surface area (Å²) >= 11 is 0. The fraction of sp³-hybridized carbons (Fsp3) is 0. The molecule has 9 rings (SSSR count). The van der Waals surface area contributed by atoms with Crippen LogP contribution in [-0.2, 0) is 0 Å². The first kappa shape index (κ1) is 24.6. The van der Waals surface area contributed by atoms with Gasteiger partial charge in [-0.15, -0.1) is 0 Å². The van der Waals surface area contributed by atoms with Gasteiger partial charge in [0.25, 0.3) is 0 Å². The molecule has 0 saturated heterocycles. The van der Waals surface area contributed by atoms with E-state index in [1.54, 1.807) is 0 Å². The van der Waals surface area contributed by atoms with Crippen molar-refractivity contribution in [3.05, 3.63) is 146 Å². The summed E-state index contributed by atoms with van der Waals surface area (Å²) in [6.07, 6.45) is 3.84. The third-order valence-electron chi connectivity index (χ3n) is 8.56. The summed E-state index contributed by atoms with van der Waals surface area (Å²) in [6.45, 7) is 0. The smallest absolute Gasteiger partial charge is 0.164 e. The van der Waals surface area contributed by atoms with Crippen molar-refractivity contribution in [2.24, 2.45) is 0 Å². The lowest BCUT2D eigenvalue weighted by Crippen LogP contribution is -2.00. The standard InChI is InChI=1S/C40H24N4/c1-2-7-29(8-3-1)38-42-39(30-17-13-25(14-18-30)35-24-41-23-31-9-4-5-12-32(31)35)44-40(43-38)34-22-20-28-16-15-26-10-6-11-27-19-21-33(34)37(28)36(26)27/h1-24H. The van der Waals surface area contributed by atoms with Gasteiger partial charge in [0.05, 0.1) is 0 Å². The van der Waals surface area contributed by atoms with Crippen LogP contribution in [0.3, 0.4) is 0 Å². The summed E-state index contributed by atoms with van der Waals surface area (Å²) in [4.78, 5) is 19.6. The van der Waals surface area contributed by atoms with E-state index >= 15 is 0 Å². The van der Waals surface area contributed by atoms with Crippen LogP contribution in [0.15, 0.2) is 146 Å². The number of hydrogen-bond acceptors (Lipinski definition) is 4. The molecule has 0 aliphatic heterocycles. The zero-order chi connectivity index (χ0) is 29.0. The van der Waals surface area contributed by atoms with E-state index in [1.165, 1.54) is 32.3 Å². The fourth-order valence-electron chi connectivity index (χ4n) is 6.42. The molecule has 204 valence electrons. The van der Waals surface area contributed by atoms with Gasteiger partial charge in [-0.2, -0.15) is 0 Å². The van der Waals surface area contributed by atoms with Gasteiger partial charge >= 0.3 is 0 Å². The summed E-state index contributed by atoms with van der Waals surface area (Å²) in [6, 6.07) is 46.5. The third kappa shape index (κ3) is 3.92. The Balaban J connectivity index is 1.23. The zero-order valence-corrected chi connectivity index (χ0v) is 23.6. The highest BCUT2D eigenvalue weighted by molar-refractivity contribution is 6.25. The van der Waals surface area contributed by atoms with Crippen LogP contribution in [0.25, 0.3) is 88.4 Å². The van der Waals surface area contributed by atoms with E-state index in [0.717, 1.165) is 38.6 Å². The van der Waals surface area contributed by atoms with Crippen molar-refractivity contribution in [1.29, 1.82) is 0 Å². The molecular formula is C40H24N4. The van der Waals surface area contributed by atoms with Crippen molar-refractivity contribution in [3.63, 3.8) is 0 Å². The molecule has 0 aliphatic rings. The quantitative estimate of drug-likeness (QED) is 0.201. The Morgan fingerprint density at radius 2 is 0.909 bits per heavy atom. The molecule has 0 atom stereocenters. The van der Waals surface area contributed by atoms with Gasteiger partial charge in [0.1, 0.15) is 0 Å². The Bertz CT molecular complexity index is 2460. The molecule has 0 radical (unpaired) electrons. The Hall–Kier alpha value is -6.00. The molecule has 4 nitrogen and oxygen atoms in total. The molecule has 0 unspecified atom stereocenters. The molecule has 2 heterocycles. The first-order valence-corrected chi connectivity index (χ1v) is 14.7. The van der Waals surface area contributed by atoms with Crippen LogP contribution in [0.2, 0.25) is 0 Å².